The molecule has 6 heteroatoms. The zero-order valence-corrected chi connectivity index (χ0v) is 11.8. The lowest BCUT2D eigenvalue weighted by Gasteiger charge is -2.11. The van der Waals surface area contributed by atoms with E-state index in [1.165, 1.54) is 10.9 Å². The lowest BCUT2D eigenvalue weighted by Crippen LogP contribution is -2.46. The van der Waals surface area contributed by atoms with Crippen LogP contribution in [0.3, 0.4) is 0 Å². The molecule has 0 amide bonds. The van der Waals surface area contributed by atoms with E-state index >= 15 is 0 Å². The largest absolute Gasteiger partial charge is 0.545 e. The van der Waals surface area contributed by atoms with E-state index in [2.05, 4.69) is 4.98 Å². The summed E-state index contributed by atoms with van der Waals surface area (Å²) in [5.41, 5.74) is 8.24. The maximum atomic E-state index is 10.6. The minimum atomic E-state index is -1.09. The first kappa shape index (κ1) is 15.4. The number of aromatic carboxylic acids is 1. The van der Waals surface area contributed by atoms with Gasteiger partial charge in [-0.1, -0.05) is 17.7 Å². The van der Waals surface area contributed by atoms with Crippen molar-refractivity contribution in [2.24, 2.45) is 0 Å². The first-order valence-electron chi connectivity index (χ1n) is 5.98. The quantitative estimate of drug-likeness (QED) is 0.545. The highest BCUT2D eigenvalue weighted by Gasteiger charge is 2.03. The van der Waals surface area contributed by atoms with Crippen LogP contribution in [0.5, 0.6) is 0 Å². The normalized spacial score (nSPS) is 9.55. The van der Waals surface area contributed by atoms with Gasteiger partial charge < -0.3 is 9.90 Å². The van der Waals surface area contributed by atoms with E-state index in [4.69, 9.17) is 11.6 Å². The van der Waals surface area contributed by atoms with Crippen LogP contribution in [0.2, 0.25) is 0 Å². The van der Waals surface area contributed by atoms with Gasteiger partial charge in [-0.15, -0.1) is 4.68 Å². The number of nitrogen functional groups attached to an aromatic ring is 2. The zero-order chi connectivity index (χ0) is 15.3. The topological polar surface area (TPSA) is 109 Å². The molecule has 4 N–H and O–H groups in total. The van der Waals surface area contributed by atoms with E-state index in [-0.39, 0.29) is 0 Å². The SMILES string of the molecule is Cc1cc(C)c(C(=O)[O-])c(C)c1.Nc1cncc[n+]1N. The number of rotatable bonds is 1. The third kappa shape index (κ3) is 3.94. The monoisotopic (exact) mass is 274 g/mol. The van der Waals surface area contributed by atoms with Gasteiger partial charge in [-0.25, -0.2) is 0 Å². The van der Waals surface area contributed by atoms with Crippen molar-refractivity contribution in [1.82, 2.24) is 4.98 Å². The minimum Gasteiger partial charge on any atom is -0.545 e. The summed E-state index contributed by atoms with van der Waals surface area (Å²) in [5, 5.41) is 10.6. The number of anilines is 1. The van der Waals surface area contributed by atoms with Crippen LogP contribution in [0.1, 0.15) is 27.0 Å². The van der Waals surface area contributed by atoms with Crippen molar-refractivity contribution >= 4 is 11.8 Å². The van der Waals surface area contributed by atoms with E-state index in [1.807, 2.05) is 19.1 Å². The van der Waals surface area contributed by atoms with Gasteiger partial charge in [0.1, 0.15) is 12.4 Å². The summed E-state index contributed by atoms with van der Waals surface area (Å²) in [5.74, 6) is 4.63. The second-order valence-electron chi connectivity index (χ2n) is 4.47. The van der Waals surface area contributed by atoms with Gasteiger partial charge >= 0.3 is 5.82 Å². The van der Waals surface area contributed by atoms with E-state index < -0.39 is 5.97 Å². The molecule has 0 bridgehead atoms. The van der Waals surface area contributed by atoms with Gasteiger partial charge in [0.25, 0.3) is 0 Å². The molecule has 0 aliphatic heterocycles. The molecule has 1 aromatic heterocycles. The van der Waals surface area contributed by atoms with Crippen molar-refractivity contribution in [3.05, 3.63) is 53.0 Å². The molecule has 0 spiro atoms. The fraction of sp³-hybridized carbons (Fsp3) is 0.214. The van der Waals surface area contributed by atoms with E-state index in [9.17, 15) is 9.90 Å². The predicted octanol–water partition coefficient (Wildman–Crippen LogP) is -0.360. The molecule has 1 heterocycles. The van der Waals surface area contributed by atoms with Gasteiger partial charge in [0.15, 0.2) is 0 Å². The molecule has 0 unspecified atom stereocenters. The molecule has 2 aromatic rings. The fourth-order valence-corrected chi connectivity index (χ4v) is 1.88. The molecule has 20 heavy (non-hydrogen) atoms. The highest BCUT2D eigenvalue weighted by Crippen LogP contribution is 2.14. The van der Waals surface area contributed by atoms with Crippen molar-refractivity contribution in [2.75, 3.05) is 11.6 Å². The number of carbonyl (C=O) groups excluding carboxylic acids is 1. The highest BCUT2D eigenvalue weighted by molar-refractivity contribution is 5.89. The van der Waals surface area contributed by atoms with E-state index in [1.54, 1.807) is 26.2 Å². The molecule has 0 aliphatic carbocycles. The molecule has 1 aromatic carbocycles. The number of hydrogen-bond acceptors (Lipinski definition) is 5. The first-order chi connectivity index (χ1) is 9.32. The molecular weight excluding hydrogens is 256 g/mol. The number of hydrogen-bond donors (Lipinski definition) is 2. The van der Waals surface area contributed by atoms with Crippen LogP contribution >= 0.6 is 0 Å². The zero-order valence-electron chi connectivity index (χ0n) is 11.8. The number of nitrogens with two attached hydrogens (primary N) is 2. The summed E-state index contributed by atoms with van der Waals surface area (Å²) in [7, 11) is 0. The summed E-state index contributed by atoms with van der Waals surface area (Å²) in [6, 6.07) is 3.69. The highest BCUT2D eigenvalue weighted by atomic mass is 16.4. The Morgan fingerprint density at radius 1 is 1.25 bits per heavy atom. The Morgan fingerprint density at radius 3 is 2.15 bits per heavy atom. The molecule has 0 fully saturated rings. The summed E-state index contributed by atoms with van der Waals surface area (Å²) >= 11 is 0. The average molecular weight is 274 g/mol. The third-order valence-electron chi connectivity index (χ3n) is 2.70. The van der Waals surface area contributed by atoms with Gasteiger partial charge in [-0.05, 0) is 31.9 Å². The van der Waals surface area contributed by atoms with Crippen LogP contribution in [0, 0.1) is 20.8 Å². The summed E-state index contributed by atoms with van der Waals surface area (Å²) in [4.78, 5) is 14.4. The van der Waals surface area contributed by atoms with E-state index in [0.717, 1.165) is 16.7 Å². The van der Waals surface area contributed by atoms with Crippen molar-refractivity contribution < 1.29 is 14.6 Å². The van der Waals surface area contributed by atoms with Crippen LogP contribution in [0.15, 0.2) is 30.7 Å². The Bertz CT molecular complexity index is 582. The van der Waals surface area contributed by atoms with Gasteiger partial charge in [0.05, 0.1) is 12.2 Å². The number of benzene rings is 1. The summed E-state index contributed by atoms with van der Waals surface area (Å²) in [6.07, 6.45) is 4.63. The second-order valence-corrected chi connectivity index (χ2v) is 4.47. The van der Waals surface area contributed by atoms with Crippen molar-refractivity contribution in [1.29, 1.82) is 0 Å². The van der Waals surface area contributed by atoms with E-state index in [0.29, 0.717) is 11.4 Å². The van der Waals surface area contributed by atoms with Crippen molar-refractivity contribution in [3.63, 3.8) is 0 Å². The fourth-order valence-electron chi connectivity index (χ4n) is 1.88. The number of carbonyl (C=O) groups is 1. The van der Waals surface area contributed by atoms with Crippen LogP contribution in [0.4, 0.5) is 5.82 Å². The van der Waals surface area contributed by atoms with Gasteiger partial charge in [0.2, 0.25) is 0 Å². The van der Waals surface area contributed by atoms with Crippen molar-refractivity contribution in [3.8, 4) is 0 Å². The van der Waals surface area contributed by atoms with Crippen LogP contribution in [0.25, 0.3) is 0 Å². The minimum absolute atomic E-state index is 0.320. The first-order valence-corrected chi connectivity index (χ1v) is 5.98. The molecule has 106 valence electrons. The molecule has 0 saturated carbocycles. The Kier molecular flexibility index (Phi) is 5.02. The summed E-state index contributed by atoms with van der Waals surface area (Å²) in [6.45, 7) is 5.51. The molecule has 0 atom stereocenters. The number of carboxylic acid groups (broad SMARTS) is 1. The van der Waals surface area contributed by atoms with Crippen LogP contribution < -0.4 is 21.4 Å². The molecule has 0 radical (unpaired) electrons. The molecule has 2 rings (SSSR count). The van der Waals surface area contributed by atoms with Crippen LogP contribution in [-0.4, -0.2) is 11.0 Å². The summed E-state index contributed by atoms with van der Waals surface area (Å²) < 4.78 is 1.30. The number of aromatic nitrogens is 2. The van der Waals surface area contributed by atoms with Gasteiger partial charge in [-0.2, -0.15) is 0 Å². The van der Waals surface area contributed by atoms with Gasteiger partial charge in [-0.3, -0.25) is 16.6 Å². The third-order valence-corrected chi connectivity index (χ3v) is 2.70. The maximum absolute atomic E-state index is 10.6. The molecular formula is C14H18N4O2. The number of carboxylic acids is 1. The molecule has 6 nitrogen and oxygen atoms in total. The molecule has 0 saturated heterocycles. The Morgan fingerprint density at radius 2 is 1.80 bits per heavy atom. The standard InChI is InChI=1S/C10H12O2.C4H6N4/c1-6-4-7(2)9(10(11)12)8(3)5-6;5-4-3-7-1-2-8(4)6/h4-5H,1-3H3,(H,11,12);1-3,5H,6H2. The van der Waals surface area contributed by atoms with Crippen LogP contribution in [-0.2, 0) is 0 Å². The van der Waals surface area contributed by atoms with Gasteiger partial charge in [0, 0.05) is 5.56 Å². The second kappa shape index (κ2) is 6.51. The predicted molar refractivity (Wildman–Crippen MR) is 74.0 cm³/mol. The maximum Gasteiger partial charge on any atom is 0.314 e. The molecule has 0 aliphatic rings. The lowest BCUT2D eigenvalue weighted by molar-refractivity contribution is -0.624. The Balaban J connectivity index is 0.000000217. The Hall–Kier alpha value is -2.63. The average Bonchev–Trinajstić information content (AvgIpc) is 2.32. The Labute approximate surface area is 117 Å². The number of nitrogens with zero attached hydrogens (tertiary/aromatic N) is 2. The number of aryl methyl sites for hydroxylation is 3. The smallest absolute Gasteiger partial charge is 0.314 e. The van der Waals surface area contributed by atoms with Crippen molar-refractivity contribution in [2.45, 2.75) is 20.8 Å². The lowest BCUT2D eigenvalue weighted by atomic mass is 10.0.